The van der Waals surface area contributed by atoms with Crippen molar-refractivity contribution in [1.82, 2.24) is 5.06 Å². The fourth-order valence-corrected chi connectivity index (χ4v) is 2.42. The first-order chi connectivity index (χ1) is 8.25. The Hall–Kier alpha value is -0.960. The van der Waals surface area contributed by atoms with E-state index in [9.17, 15) is 22.8 Å². The van der Waals surface area contributed by atoms with Gasteiger partial charge in [0.25, 0.3) is 0 Å². The van der Waals surface area contributed by atoms with E-state index in [1.807, 2.05) is 0 Å². The second kappa shape index (κ2) is 5.35. The van der Waals surface area contributed by atoms with Crippen molar-refractivity contribution in [2.45, 2.75) is 17.3 Å². The Morgan fingerprint density at radius 2 is 2.00 bits per heavy atom. The van der Waals surface area contributed by atoms with Crippen LogP contribution in [0.4, 0.5) is 13.2 Å². The highest BCUT2D eigenvalue weighted by Gasteiger charge is 2.49. The first-order valence-electron chi connectivity index (χ1n) is 4.93. The Labute approximate surface area is 106 Å². The lowest BCUT2D eigenvalue weighted by molar-refractivity contribution is -0.235. The standard InChI is InChI=1S/C9H12F3NO4S/c1-16-6(14)8(18-2)3-4-13(5-8)17-7(15)9(10,11)12/h3-5H2,1-2H3. The van der Waals surface area contributed by atoms with E-state index in [4.69, 9.17) is 0 Å². The van der Waals surface area contributed by atoms with E-state index in [0.717, 1.165) is 16.8 Å². The number of halogens is 3. The van der Waals surface area contributed by atoms with Crippen LogP contribution < -0.4 is 0 Å². The molecule has 0 aromatic rings. The average Bonchev–Trinajstić information content (AvgIpc) is 2.71. The summed E-state index contributed by atoms with van der Waals surface area (Å²) in [5, 5.41) is 0.837. The zero-order valence-electron chi connectivity index (χ0n) is 9.74. The number of rotatable bonds is 3. The lowest BCUT2D eigenvalue weighted by Crippen LogP contribution is -2.41. The third-order valence-corrected chi connectivity index (χ3v) is 3.87. The molecule has 1 aliphatic heterocycles. The fraction of sp³-hybridized carbons (Fsp3) is 0.778. The zero-order valence-corrected chi connectivity index (χ0v) is 10.6. The normalized spacial score (nSPS) is 24.9. The van der Waals surface area contributed by atoms with Crippen molar-refractivity contribution in [3.8, 4) is 0 Å². The van der Waals surface area contributed by atoms with Crippen LogP contribution in [0.5, 0.6) is 0 Å². The maximum Gasteiger partial charge on any atom is 0.492 e. The minimum atomic E-state index is -5.05. The summed E-state index contributed by atoms with van der Waals surface area (Å²) in [6.45, 7) is -0.0690. The number of hydrogen-bond acceptors (Lipinski definition) is 6. The van der Waals surface area contributed by atoms with Gasteiger partial charge in [0, 0.05) is 6.54 Å². The number of alkyl halides is 3. The van der Waals surface area contributed by atoms with Gasteiger partial charge in [0.1, 0.15) is 4.75 Å². The van der Waals surface area contributed by atoms with Gasteiger partial charge in [-0.1, -0.05) is 0 Å². The van der Waals surface area contributed by atoms with E-state index in [0.29, 0.717) is 0 Å². The van der Waals surface area contributed by atoms with Crippen LogP contribution in [0.1, 0.15) is 6.42 Å². The summed E-state index contributed by atoms with van der Waals surface area (Å²) in [7, 11) is 1.20. The van der Waals surface area contributed by atoms with Crippen LogP contribution >= 0.6 is 11.8 Å². The monoisotopic (exact) mass is 287 g/mol. The lowest BCUT2D eigenvalue weighted by atomic mass is 10.1. The molecule has 9 heteroatoms. The molecule has 0 spiro atoms. The van der Waals surface area contributed by atoms with Gasteiger partial charge in [-0.25, -0.2) is 4.79 Å². The van der Waals surface area contributed by atoms with Crippen molar-refractivity contribution < 1.29 is 32.3 Å². The summed E-state index contributed by atoms with van der Waals surface area (Å²) in [5.74, 6) is -2.83. The topological polar surface area (TPSA) is 55.8 Å². The van der Waals surface area contributed by atoms with E-state index in [2.05, 4.69) is 9.57 Å². The molecule has 1 fully saturated rings. The molecule has 1 atom stereocenters. The van der Waals surface area contributed by atoms with E-state index in [1.54, 1.807) is 6.26 Å². The van der Waals surface area contributed by atoms with Gasteiger partial charge in [0.2, 0.25) is 0 Å². The van der Waals surface area contributed by atoms with Crippen molar-refractivity contribution in [1.29, 1.82) is 0 Å². The number of ether oxygens (including phenoxy) is 1. The van der Waals surface area contributed by atoms with Crippen LogP contribution in [-0.2, 0) is 19.2 Å². The van der Waals surface area contributed by atoms with E-state index in [-0.39, 0.29) is 19.5 Å². The van der Waals surface area contributed by atoms with E-state index >= 15 is 0 Å². The van der Waals surface area contributed by atoms with E-state index < -0.39 is 22.9 Å². The molecule has 0 aromatic carbocycles. The van der Waals surface area contributed by atoms with Crippen molar-refractivity contribution in [2.75, 3.05) is 26.5 Å². The van der Waals surface area contributed by atoms with Crippen LogP contribution in [-0.4, -0.2) is 54.4 Å². The molecule has 0 radical (unpaired) electrons. The van der Waals surface area contributed by atoms with Crippen molar-refractivity contribution in [3.05, 3.63) is 0 Å². The molecule has 1 aliphatic rings. The summed E-state index contributed by atoms with van der Waals surface area (Å²) in [6, 6.07) is 0. The molecule has 5 nitrogen and oxygen atoms in total. The van der Waals surface area contributed by atoms with Gasteiger partial charge in [-0.2, -0.15) is 13.2 Å². The molecule has 1 saturated heterocycles. The summed E-state index contributed by atoms with van der Waals surface area (Å²) in [5.41, 5.74) is 0. The van der Waals surface area contributed by atoms with Crippen LogP contribution in [0, 0.1) is 0 Å². The zero-order chi connectivity index (χ0) is 14.0. The maximum atomic E-state index is 12.0. The van der Waals surface area contributed by atoms with E-state index in [1.165, 1.54) is 7.11 Å². The molecule has 18 heavy (non-hydrogen) atoms. The second-order valence-corrected chi connectivity index (χ2v) is 4.87. The number of carbonyl (C=O) groups is 2. The number of methoxy groups -OCH3 is 1. The molecule has 1 unspecified atom stereocenters. The average molecular weight is 287 g/mol. The molecule has 0 saturated carbocycles. The molecular formula is C9H12F3NO4S. The van der Waals surface area contributed by atoms with Crippen LogP contribution in [0.15, 0.2) is 0 Å². The Kier molecular flexibility index (Phi) is 4.49. The maximum absolute atomic E-state index is 12.0. The van der Waals surface area contributed by atoms with Gasteiger partial charge < -0.3 is 9.57 Å². The fourth-order valence-electron chi connectivity index (χ4n) is 1.60. The Morgan fingerprint density at radius 3 is 2.44 bits per heavy atom. The van der Waals surface area contributed by atoms with Crippen molar-refractivity contribution in [2.24, 2.45) is 0 Å². The molecule has 1 rings (SSSR count). The summed E-state index contributed by atoms with van der Waals surface area (Å²) >= 11 is 1.16. The number of esters is 1. The third kappa shape index (κ3) is 3.08. The van der Waals surface area contributed by atoms with Gasteiger partial charge in [-0.05, 0) is 12.7 Å². The first-order valence-corrected chi connectivity index (χ1v) is 6.15. The van der Waals surface area contributed by atoms with Crippen LogP contribution in [0.25, 0.3) is 0 Å². The molecular weight excluding hydrogens is 275 g/mol. The highest BCUT2D eigenvalue weighted by atomic mass is 32.2. The lowest BCUT2D eigenvalue weighted by Gasteiger charge is -2.23. The van der Waals surface area contributed by atoms with Gasteiger partial charge in [0.15, 0.2) is 0 Å². The number of thioether (sulfide) groups is 1. The predicted molar refractivity (Wildman–Crippen MR) is 56.6 cm³/mol. The highest BCUT2D eigenvalue weighted by Crippen LogP contribution is 2.35. The van der Waals surface area contributed by atoms with Crippen LogP contribution in [0.2, 0.25) is 0 Å². The van der Waals surface area contributed by atoms with Gasteiger partial charge in [-0.3, -0.25) is 4.79 Å². The SMILES string of the molecule is COC(=O)C1(SC)CCN(OC(=O)C(F)(F)F)C1. The minimum absolute atomic E-state index is 0.0533. The molecule has 1 heterocycles. The number of nitrogens with zero attached hydrogens (tertiary/aromatic N) is 1. The minimum Gasteiger partial charge on any atom is -0.468 e. The third-order valence-electron chi connectivity index (χ3n) is 2.59. The Morgan fingerprint density at radius 1 is 1.39 bits per heavy atom. The van der Waals surface area contributed by atoms with Crippen molar-refractivity contribution >= 4 is 23.7 Å². The largest absolute Gasteiger partial charge is 0.492 e. The number of carbonyl (C=O) groups excluding carboxylic acids is 2. The predicted octanol–water partition coefficient (Wildman–Crippen LogP) is 0.987. The molecule has 0 N–H and O–H groups in total. The number of hydrogen-bond donors (Lipinski definition) is 0. The Bertz CT molecular complexity index is 349. The molecule has 0 aliphatic carbocycles. The summed E-state index contributed by atoms with van der Waals surface area (Å²) < 4.78 is 39.6. The molecule has 0 aromatic heterocycles. The number of hydroxylamine groups is 2. The summed E-state index contributed by atoms with van der Waals surface area (Å²) in [6.07, 6.45) is -3.14. The molecule has 0 bridgehead atoms. The first kappa shape index (κ1) is 15.1. The summed E-state index contributed by atoms with van der Waals surface area (Å²) in [4.78, 5) is 26.4. The Balaban J connectivity index is 2.65. The quantitative estimate of drug-likeness (QED) is 0.721. The van der Waals surface area contributed by atoms with Gasteiger partial charge in [-0.15, -0.1) is 16.8 Å². The van der Waals surface area contributed by atoms with Crippen molar-refractivity contribution in [3.63, 3.8) is 0 Å². The molecule has 104 valence electrons. The van der Waals surface area contributed by atoms with Gasteiger partial charge >= 0.3 is 18.1 Å². The smallest absolute Gasteiger partial charge is 0.468 e. The van der Waals surface area contributed by atoms with Gasteiger partial charge in [0.05, 0.1) is 13.7 Å². The van der Waals surface area contributed by atoms with Crippen LogP contribution in [0.3, 0.4) is 0 Å². The second-order valence-electron chi connectivity index (χ2n) is 3.68. The molecule has 0 amide bonds. The highest BCUT2D eigenvalue weighted by molar-refractivity contribution is 8.00.